The quantitative estimate of drug-likeness (QED) is 0.724. The van der Waals surface area contributed by atoms with Crippen molar-refractivity contribution in [2.24, 2.45) is 5.92 Å². The van der Waals surface area contributed by atoms with Crippen LogP contribution < -0.4 is 0 Å². The molecule has 0 N–H and O–H groups in total. The highest BCUT2D eigenvalue weighted by molar-refractivity contribution is 7.91. The fourth-order valence-corrected chi connectivity index (χ4v) is 3.99. The van der Waals surface area contributed by atoms with Gasteiger partial charge in [-0.05, 0) is 12.0 Å². The molecule has 10 heteroatoms. The Hall–Kier alpha value is -1.97. The Morgan fingerprint density at radius 3 is 2.32 bits per heavy atom. The van der Waals surface area contributed by atoms with E-state index in [1.54, 1.807) is 0 Å². The predicted octanol–water partition coefficient (Wildman–Crippen LogP) is 2.79. The second kappa shape index (κ2) is 6.40. The van der Waals surface area contributed by atoms with Crippen molar-refractivity contribution >= 4 is 9.84 Å². The van der Waals surface area contributed by atoms with E-state index in [1.165, 1.54) is 13.8 Å². The molecule has 0 radical (unpaired) electrons. The van der Waals surface area contributed by atoms with Crippen molar-refractivity contribution in [2.75, 3.05) is 6.26 Å². The van der Waals surface area contributed by atoms with E-state index in [4.69, 9.17) is 0 Å². The van der Waals surface area contributed by atoms with Crippen molar-refractivity contribution in [3.63, 3.8) is 0 Å². The summed E-state index contributed by atoms with van der Waals surface area (Å²) in [5.41, 5.74) is -3.12. The van der Waals surface area contributed by atoms with Gasteiger partial charge in [0.05, 0.1) is 12.0 Å². The Kier molecular flexibility index (Phi) is 4.95. The van der Waals surface area contributed by atoms with Gasteiger partial charge in [-0.1, -0.05) is 19.9 Å². The molecule has 0 saturated carbocycles. The summed E-state index contributed by atoms with van der Waals surface area (Å²) < 4.78 is 82.8. The Bertz CT molecular complexity index is 854. The highest BCUT2D eigenvalue weighted by Gasteiger charge is 2.64. The van der Waals surface area contributed by atoms with Crippen molar-refractivity contribution in [3.8, 4) is 0 Å². The summed E-state index contributed by atoms with van der Waals surface area (Å²) in [4.78, 5) is 3.64. The second-order valence-corrected chi connectivity index (χ2v) is 8.19. The molecule has 25 heavy (non-hydrogen) atoms. The van der Waals surface area contributed by atoms with Crippen LogP contribution in [0.4, 0.5) is 17.6 Å². The number of benzene rings is 1. The minimum Gasteiger partial charge on any atom is -0.252 e. The van der Waals surface area contributed by atoms with Gasteiger partial charge in [0.1, 0.15) is 24.3 Å². The third kappa shape index (κ3) is 3.14. The van der Waals surface area contributed by atoms with E-state index in [2.05, 4.69) is 10.1 Å². The van der Waals surface area contributed by atoms with Crippen LogP contribution in [0.1, 0.15) is 19.4 Å². The van der Waals surface area contributed by atoms with Gasteiger partial charge >= 0.3 is 5.25 Å². The molecule has 1 unspecified atom stereocenters. The lowest BCUT2D eigenvalue weighted by atomic mass is 9.71. The molecule has 0 aliphatic rings. The topological polar surface area (TPSA) is 64.8 Å². The summed E-state index contributed by atoms with van der Waals surface area (Å²) in [7, 11) is -4.94. The van der Waals surface area contributed by atoms with Crippen molar-refractivity contribution in [2.45, 2.75) is 31.1 Å². The Labute approximate surface area is 142 Å². The molecular formula is C15H17F4N3O2S. The Morgan fingerprint density at radius 2 is 1.88 bits per heavy atom. The molecule has 1 aromatic carbocycles. The fourth-order valence-electron chi connectivity index (χ4n) is 2.92. The van der Waals surface area contributed by atoms with Gasteiger partial charge in [-0.25, -0.2) is 22.2 Å². The van der Waals surface area contributed by atoms with Gasteiger partial charge in [0.15, 0.2) is 0 Å². The summed E-state index contributed by atoms with van der Waals surface area (Å²) in [5.74, 6) is -3.25. The van der Waals surface area contributed by atoms with Gasteiger partial charge in [-0.3, -0.25) is 4.68 Å². The molecule has 0 fully saturated rings. The maximum Gasteiger partial charge on any atom is 0.356 e. The molecule has 1 heterocycles. The first-order valence-corrected chi connectivity index (χ1v) is 9.18. The minimum atomic E-state index is -4.94. The first-order valence-electron chi connectivity index (χ1n) is 7.29. The first kappa shape index (κ1) is 19.4. The lowest BCUT2D eigenvalue weighted by molar-refractivity contribution is -0.0365. The van der Waals surface area contributed by atoms with Crippen molar-refractivity contribution < 1.29 is 26.0 Å². The molecule has 0 aliphatic carbocycles. The van der Waals surface area contributed by atoms with E-state index >= 15 is 8.78 Å². The van der Waals surface area contributed by atoms with Gasteiger partial charge in [0, 0.05) is 17.9 Å². The van der Waals surface area contributed by atoms with Crippen LogP contribution in [-0.4, -0.2) is 34.7 Å². The number of hydrogen-bond donors (Lipinski definition) is 0. The van der Waals surface area contributed by atoms with Gasteiger partial charge in [-0.2, -0.15) is 13.9 Å². The lowest BCUT2D eigenvalue weighted by Crippen LogP contribution is -2.56. The van der Waals surface area contributed by atoms with Crippen molar-refractivity contribution in [3.05, 3.63) is 48.1 Å². The van der Waals surface area contributed by atoms with Crippen LogP contribution >= 0.6 is 0 Å². The number of hydrogen-bond acceptors (Lipinski definition) is 4. The second-order valence-electron chi connectivity index (χ2n) is 6.13. The van der Waals surface area contributed by atoms with Crippen molar-refractivity contribution in [1.29, 1.82) is 0 Å². The fraction of sp³-hybridized carbons (Fsp3) is 0.467. The third-order valence-corrected chi connectivity index (χ3v) is 5.56. The van der Waals surface area contributed by atoms with E-state index in [1.807, 2.05) is 0 Å². The Balaban J connectivity index is 2.85. The number of aromatic nitrogens is 3. The number of sulfone groups is 1. The third-order valence-electron chi connectivity index (χ3n) is 4.26. The van der Waals surface area contributed by atoms with E-state index in [0.29, 0.717) is 12.3 Å². The normalized spacial score (nSPS) is 15.4. The molecule has 0 aliphatic heterocycles. The SMILES string of the molecule is CC(C)C(Cn1cncn1)(c1ccc(F)cc1F)C(F)(F)S(C)(=O)=O. The molecule has 1 atom stereocenters. The summed E-state index contributed by atoms with van der Waals surface area (Å²) in [6.07, 6.45) is 2.59. The van der Waals surface area contributed by atoms with Gasteiger partial charge in [0.2, 0.25) is 9.84 Å². The molecule has 0 amide bonds. The van der Waals surface area contributed by atoms with E-state index in [0.717, 1.165) is 29.5 Å². The standard InChI is InChI=1S/C15H17F4N3O2S/c1-10(2)14(7-22-9-20-8-21-22,15(18,19)25(3,23)24)12-5-4-11(16)6-13(12)17/h4-6,8-10H,7H2,1-3H3. The van der Waals surface area contributed by atoms with Crippen LogP contribution in [-0.2, 0) is 21.8 Å². The summed E-state index contributed by atoms with van der Waals surface area (Å²) in [6, 6.07) is 2.11. The summed E-state index contributed by atoms with van der Waals surface area (Å²) in [6.45, 7) is 2.03. The van der Waals surface area contributed by atoms with E-state index in [-0.39, 0.29) is 0 Å². The van der Waals surface area contributed by atoms with Crippen LogP contribution in [0.2, 0.25) is 0 Å². The molecule has 2 aromatic rings. The predicted molar refractivity (Wildman–Crippen MR) is 82.7 cm³/mol. The van der Waals surface area contributed by atoms with E-state index in [9.17, 15) is 17.2 Å². The molecule has 138 valence electrons. The maximum atomic E-state index is 15.1. The van der Waals surface area contributed by atoms with Gasteiger partial charge in [-0.15, -0.1) is 0 Å². The summed E-state index contributed by atoms with van der Waals surface area (Å²) in [5, 5.41) is -0.616. The first-order chi connectivity index (χ1) is 11.4. The van der Waals surface area contributed by atoms with Crippen LogP contribution in [0.3, 0.4) is 0 Å². The van der Waals surface area contributed by atoms with Crippen LogP contribution in [0.25, 0.3) is 0 Å². The molecule has 0 saturated heterocycles. The molecule has 0 spiro atoms. The minimum absolute atomic E-state index is 0.382. The maximum absolute atomic E-state index is 15.1. The monoisotopic (exact) mass is 379 g/mol. The highest BCUT2D eigenvalue weighted by atomic mass is 32.2. The Morgan fingerprint density at radius 1 is 1.24 bits per heavy atom. The molecule has 1 aromatic heterocycles. The van der Waals surface area contributed by atoms with Crippen LogP contribution in [0, 0.1) is 17.6 Å². The summed E-state index contributed by atoms with van der Waals surface area (Å²) >= 11 is 0. The molecule has 2 rings (SSSR count). The molecular weight excluding hydrogens is 362 g/mol. The number of alkyl halides is 2. The number of halogens is 4. The average molecular weight is 379 g/mol. The van der Waals surface area contributed by atoms with Crippen LogP contribution in [0.5, 0.6) is 0 Å². The number of nitrogens with zero attached hydrogens (tertiary/aromatic N) is 3. The molecule has 5 nitrogen and oxygen atoms in total. The van der Waals surface area contributed by atoms with Crippen molar-refractivity contribution in [1.82, 2.24) is 14.8 Å². The van der Waals surface area contributed by atoms with Crippen LogP contribution in [0.15, 0.2) is 30.9 Å². The average Bonchev–Trinajstić information content (AvgIpc) is 2.96. The van der Waals surface area contributed by atoms with Gasteiger partial charge < -0.3 is 0 Å². The smallest absolute Gasteiger partial charge is 0.252 e. The zero-order valence-electron chi connectivity index (χ0n) is 13.7. The largest absolute Gasteiger partial charge is 0.356 e. The zero-order chi connectivity index (χ0) is 19.0. The van der Waals surface area contributed by atoms with Gasteiger partial charge in [0.25, 0.3) is 0 Å². The zero-order valence-corrected chi connectivity index (χ0v) is 14.6. The highest BCUT2D eigenvalue weighted by Crippen LogP contribution is 2.50. The molecule has 0 bridgehead atoms. The van der Waals surface area contributed by atoms with E-state index < -0.39 is 50.2 Å². The number of rotatable bonds is 6. The lowest BCUT2D eigenvalue weighted by Gasteiger charge is -2.42.